The van der Waals surface area contributed by atoms with Crippen LogP contribution in [0, 0.1) is 6.92 Å². The number of aryl methyl sites for hydroxylation is 1. The Balaban J connectivity index is 1.75. The highest BCUT2D eigenvalue weighted by Crippen LogP contribution is 2.14. The van der Waals surface area contributed by atoms with E-state index in [9.17, 15) is 4.79 Å². The number of amides is 1. The van der Waals surface area contributed by atoms with Crippen molar-refractivity contribution in [3.63, 3.8) is 0 Å². The van der Waals surface area contributed by atoms with E-state index in [2.05, 4.69) is 15.6 Å². The molecule has 1 amide bonds. The van der Waals surface area contributed by atoms with Gasteiger partial charge in [-0.25, -0.2) is 4.68 Å². The molecule has 0 spiro atoms. The van der Waals surface area contributed by atoms with Gasteiger partial charge in [-0.2, -0.15) is 0 Å². The van der Waals surface area contributed by atoms with Gasteiger partial charge in [0.25, 0.3) is 5.91 Å². The summed E-state index contributed by atoms with van der Waals surface area (Å²) in [4.78, 5) is 14.4. The van der Waals surface area contributed by atoms with E-state index in [1.165, 1.54) is 5.56 Å². The van der Waals surface area contributed by atoms with Gasteiger partial charge in [-0.15, -0.1) is 5.10 Å². The molecule has 22 heavy (non-hydrogen) atoms. The van der Waals surface area contributed by atoms with Gasteiger partial charge in [-0.1, -0.05) is 22.9 Å². The molecular formula is C16H21N5O. The zero-order chi connectivity index (χ0) is 15.5. The second-order valence-corrected chi connectivity index (χ2v) is 5.76. The maximum Gasteiger partial charge on any atom is 0.276 e. The van der Waals surface area contributed by atoms with Crippen LogP contribution < -0.4 is 5.32 Å². The van der Waals surface area contributed by atoms with Crippen molar-refractivity contribution in [2.45, 2.75) is 25.8 Å². The monoisotopic (exact) mass is 299 g/mol. The van der Waals surface area contributed by atoms with E-state index in [1.807, 2.05) is 43.1 Å². The van der Waals surface area contributed by atoms with Gasteiger partial charge >= 0.3 is 0 Å². The van der Waals surface area contributed by atoms with Crippen molar-refractivity contribution in [3.05, 3.63) is 41.7 Å². The highest BCUT2D eigenvalue weighted by atomic mass is 16.2. The largest absolute Gasteiger partial charge is 0.336 e. The van der Waals surface area contributed by atoms with Crippen molar-refractivity contribution in [1.29, 1.82) is 0 Å². The summed E-state index contributed by atoms with van der Waals surface area (Å²) in [6.07, 6.45) is 3.83. The van der Waals surface area contributed by atoms with E-state index < -0.39 is 0 Å². The van der Waals surface area contributed by atoms with E-state index in [0.717, 1.165) is 31.6 Å². The first-order valence-electron chi connectivity index (χ1n) is 7.63. The minimum Gasteiger partial charge on any atom is -0.336 e. The molecule has 6 heteroatoms. The predicted octanol–water partition coefficient (Wildman–Crippen LogP) is 1.40. The normalized spacial score (nSPS) is 18.5. The number of hydrogen-bond donors (Lipinski definition) is 1. The summed E-state index contributed by atoms with van der Waals surface area (Å²) in [6.45, 7) is 3.55. The molecule has 116 valence electrons. The molecule has 1 aromatic carbocycles. The fraction of sp³-hybridized carbons (Fsp3) is 0.438. The summed E-state index contributed by atoms with van der Waals surface area (Å²) < 4.78 is 1.65. The number of nitrogens with zero attached hydrogens (tertiary/aromatic N) is 4. The Kier molecular flexibility index (Phi) is 4.20. The van der Waals surface area contributed by atoms with Gasteiger partial charge < -0.3 is 10.2 Å². The van der Waals surface area contributed by atoms with Crippen LogP contribution in [0.3, 0.4) is 0 Å². The molecule has 0 bridgehead atoms. The maximum absolute atomic E-state index is 12.5. The summed E-state index contributed by atoms with van der Waals surface area (Å²) >= 11 is 0. The van der Waals surface area contributed by atoms with E-state index in [0.29, 0.717) is 11.7 Å². The Morgan fingerprint density at radius 1 is 1.32 bits per heavy atom. The Morgan fingerprint density at radius 2 is 2.09 bits per heavy atom. The Morgan fingerprint density at radius 3 is 2.82 bits per heavy atom. The number of nitrogens with one attached hydrogen (secondary N) is 1. The molecule has 2 heterocycles. The number of likely N-dealkylation sites (tertiary alicyclic amines) is 1. The zero-order valence-electron chi connectivity index (χ0n) is 13.0. The summed E-state index contributed by atoms with van der Waals surface area (Å²) in [6, 6.07) is 8.33. The van der Waals surface area contributed by atoms with Crippen LogP contribution in [0.2, 0.25) is 0 Å². The van der Waals surface area contributed by atoms with E-state index >= 15 is 0 Å². The second-order valence-electron chi connectivity index (χ2n) is 5.76. The number of aromatic nitrogens is 3. The van der Waals surface area contributed by atoms with Gasteiger partial charge in [0.1, 0.15) is 0 Å². The predicted molar refractivity (Wildman–Crippen MR) is 84.1 cm³/mol. The van der Waals surface area contributed by atoms with Gasteiger partial charge in [-0.05, 0) is 38.9 Å². The van der Waals surface area contributed by atoms with E-state index in [-0.39, 0.29) is 5.91 Å². The molecule has 1 aromatic heterocycles. The van der Waals surface area contributed by atoms with Gasteiger partial charge in [-0.3, -0.25) is 4.79 Å². The Hall–Kier alpha value is -2.21. The van der Waals surface area contributed by atoms with Crippen LogP contribution in [0.5, 0.6) is 0 Å². The molecule has 0 aliphatic carbocycles. The molecule has 1 aliphatic rings. The molecule has 1 aliphatic heterocycles. The van der Waals surface area contributed by atoms with E-state index in [1.54, 1.807) is 10.9 Å². The van der Waals surface area contributed by atoms with Crippen LogP contribution in [0.25, 0.3) is 5.69 Å². The average molecular weight is 299 g/mol. The zero-order valence-corrected chi connectivity index (χ0v) is 13.0. The SMILES string of the molecule is CN[C@@H]1CCCN(C(=O)c2cn(-c3ccc(C)cc3)nn2)C1. The molecule has 2 aromatic rings. The number of benzene rings is 1. The molecule has 3 rings (SSSR count). The average Bonchev–Trinajstić information content (AvgIpc) is 3.05. The minimum absolute atomic E-state index is 0.0432. The number of piperidine rings is 1. The molecule has 1 atom stereocenters. The molecule has 0 unspecified atom stereocenters. The molecule has 1 fully saturated rings. The van der Waals surface area contributed by atoms with Crippen molar-refractivity contribution in [3.8, 4) is 5.69 Å². The molecule has 1 N–H and O–H groups in total. The van der Waals surface area contributed by atoms with Crippen LogP contribution in [0.15, 0.2) is 30.5 Å². The number of likely N-dealkylation sites (N-methyl/N-ethyl adjacent to an activating group) is 1. The van der Waals surface area contributed by atoms with Crippen molar-refractivity contribution in [2.24, 2.45) is 0 Å². The van der Waals surface area contributed by atoms with Crippen molar-refractivity contribution >= 4 is 5.91 Å². The van der Waals surface area contributed by atoms with Crippen LogP contribution in [-0.4, -0.2) is 52.0 Å². The van der Waals surface area contributed by atoms with Crippen molar-refractivity contribution in [1.82, 2.24) is 25.2 Å². The Labute approximate surface area is 130 Å². The first-order chi connectivity index (χ1) is 10.7. The van der Waals surface area contributed by atoms with Crippen LogP contribution in [-0.2, 0) is 0 Å². The molecule has 0 saturated carbocycles. The lowest BCUT2D eigenvalue weighted by Crippen LogP contribution is -2.47. The lowest BCUT2D eigenvalue weighted by atomic mass is 10.1. The van der Waals surface area contributed by atoms with Crippen molar-refractivity contribution < 1.29 is 4.79 Å². The standard InChI is InChI=1S/C16H21N5O/c1-12-5-7-14(8-6-12)21-11-15(18-19-21)16(22)20-9-3-4-13(10-20)17-2/h5-8,11,13,17H,3-4,9-10H2,1-2H3/t13-/m1/s1. The third-order valence-corrected chi connectivity index (χ3v) is 4.13. The maximum atomic E-state index is 12.5. The lowest BCUT2D eigenvalue weighted by molar-refractivity contribution is 0.0692. The summed E-state index contributed by atoms with van der Waals surface area (Å²) in [5, 5.41) is 11.4. The topological polar surface area (TPSA) is 63.1 Å². The fourth-order valence-corrected chi connectivity index (χ4v) is 2.74. The summed E-state index contributed by atoms with van der Waals surface area (Å²) in [7, 11) is 1.94. The van der Waals surface area contributed by atoms with Crippen LogP contribution in [0.4, 0.5) is 0 Å². The minimum atomic E-state index is -0.0432. The van der Waals surface area contributed by atoms with Gasteiger partial charge in [0.2, 0.25) is 0 Å². The quantitative estimate of drug-likeness (QED) is 0.930. The molecule has 0 radical (unpaired) electrons. The summed E-state index contributed by atoms with van der Waals surface area (Å²) in [5.74, 6) is -0.0432. The fourth-order valence-electron chi connectivity index (χ4n) is 2.74. The number of carbonyl (C=O) groups is 1. The highest BCUT2D eigenvalue weighted by Gasteiger charge is 2.25. The number of hydrogen-bond acceptors (Lipinski definition) is 4. The van der Waals surface area contributed by atoms with Gasteiger partial charge in [0.05, 0.1) is 11.9 Å². The molecule has 1 saturated heterocycles. The number of rotatable bonds is 3. The highest BCUT2D eigenvalue weighted by molar-refractivity contribution is 5.92. The first kappa shape index (κ1) is 14.7. The number of carbonyl (C=O) groups excluding carboxylic acids is 1. The lowest BCUT2D eigenvalue weighted by Gasteiger charge is -2.31. The van der Waals surface area contributed by atoms with Crippen LogP contribution >= 0.6 is 0 Å². The van der Waals surface area contributed by atoms with Crippen molar-refractivity contribution in [2.75, 3.05) is 20.1 Å². The first-order valence-corrected chi connectivity index (χ1v) is 7.63. The Bertz CT molecular complexity index is 649. The summed E-state index contributed by atoms with van der Waals surface area (Å²) in [5.41, 5.74) is 2.49. The van der Waals surface area contributed by atoms with Gasteiger partial charge in [0.15, 0.2) is 5.69 Å². The van der Waals surface area contributed by atoms with E-state index in [4.69, 9.17) is 0 Å². The third kappa shape index (κ3) is 3.01. The molecule has 6 nitrogen and oxygen atoms in total. The van der Waals surface area contributed by atoms with Crippen LogP contribution in [0.1, 0.15) is 28.9 Å². The van der Waals surface area contributed by atoms with Gasteiger partial charge in [0, 0.05) is 19.1 Å². The third-order valence-electron chi connectivity index (χ3n) is 4.13. The molecular weight excluding hydrogens is 278 g/mol. The smallest absolute Gasteiger partial charge is 0.276 e. The second kappa shape index (κ2) is 6.27.